The maximum Gasteiger partial charge on any atom is 0.246 e. The summed E-state index contributed by atoms with van der Waals surface area (Å²) in [5, 5.41) is 5.28. The second kappa shape index (κ2) is 7.12. The van der Waals surface area contributed by atoms with Crippen molar-refractivity contribution in [3.63, 3.8) is 0 Å². The predicted molar refractivity (Wildman–Crippen MR) is 86.6 cm³/mol. The topological polar surface area (TPSA) is 78.5 Å². The van der Waals surface area contributed by atoms with Crippen molar-refractivity contribution in [2.24, 2.45) is 0 Å². The number of amides is 1. The maximum absolute atomic E-state index is 14.3. The van der Waals surface area contributed by atoms with Crippen LogP contribution >= 0.6 is 11.6 Å². The van der Waals surface area contributed by atoms with Gasteiger partial charge in [-0.3, -0.25) is 4.79 Å². The molecule has 0 bridgehead atoms. The Morgan fingerprint density at radius 1 is 1.48 bits per heavy atom. The first-order valence-electron chi connectivity index (χ1n) is 7.20. The van der Waals surface area contributed by atoms with E-state index in [0.29, 0.717) is 13.1 Å². The average molecular weight is 364 g/mol. The molecule has 9 heteroatoms. The van der Waals surface area contributed by atoms with Crippen LogP contribution in [0.5, 0.6) is 0 Å². The molecule has 1 heterocycles. The molecule has 0 aromatic heterocycles. The average Bonchev–Trinajstić information content (AvgIpc) is 2.91. The monoisotopic (exact) mass is 363 g/mol. The molecule has 6 nitrogen and oxygen atoms in total. The molecule has 0 spiro atoms. The number of sulfonamides is 1. The first-order valence-corrected chi connectivity index (χ1v) is 9.02. The van der Waals surface area contributed by atoms with E-state index in [0.717, 1.165) is 25.0 Å². The van der Waals surface area contributed by atoms with E-state index in [-0.39, 0.29) is 16.8 Å². The molecule has 2 N–H and O–H groups in total. The standard InChI is InChI=1S/C14H19ClFN3O3S/c1-9(20)18-13-7-12(16)14(6-11(13)15)23(21,22)19-5-3-4-10(19)8-17-2/h6-7,10,17H,3-5,8H2,1-2H3,(H,18,20). The van der Waals surface area contributed by atoms with Gasteiger partial charge < -0.3 is 10.6 Å². The van der Waals surface area contributed by atoms with E-state index < -0.39 is 26.6 Å². The third kappa shape index (κ3) is 3.82. The van der Waals surface area contributed by atoms with Gasteiger partial charge in [0.2, 0.25) is 15.9 Å². The highest BCUT2D eigenvalue weighted by Crippen LogP contribution is 2.32. The lowest BCUT2D eigenvalue weighted by molar-refractivity contribution is -0.114. The number of carbonyl (C=O) groups is 1. The molecule has 1 aromatic carbocycles. The zero-order valence-corrected chi connectivity index (χ0v) is 14.5. The number of carbonyl (C=O) groups excluding carboxylic acids is 1. The molecule has 1 aliphatic rings. The Morgan fingerprint density at radius 2 is 2.17 bits per heavy atom. The van der Waals surface area contributed by atoms with Gasteiger partial charge >= 0.3 is 0 Å². The molecule has 1 fully saturated rings. The van der Waals surface area contributed by atoms with E-state index in [9.17, 15) is 17.6 Å². The van der Waals surface area contributed by atoms with Crippen LogP contribution in [0.15, 0.2) is 17.0 Å². The van der Waals surface area contributed by atoms with Crippen molar-refractivity contribution in [2.75, 3.05) is 25.5 Å². The summed E-state index contributed by atoms with van der Waals surface area (Å²) in [6.07, 6.45) is 1.45. The van der Waals surface area contributed by atoms with Gasteiger partial charge in [0, 0.05) is 32.1 Å². The van der Waals surface area contributed by atoms with Crippen LogP contribution in [0.2, 0.25) is 5.02 Å². The van der Waals surface area contributed by atoms with Crippen LogP contribution in [-0.4, -0.2) is 44.8 Å². The lowest BCUT2D eigenvalue weighted by Gasteiger charge is -2.24. The summed E-state index contributed by atoms with van der Waals surface area (Å²) in [7, 11) is -2.25. The van der Waals surface area contributed by atoms with Gasteiger partial charge in [-0.05, 0) is 26.0 Å². The van der Waals surface area contributed by atoms with Gasteiger partial charge in [-0.25, -0.2) is 12.8 Å². The van der Waals surface area contributed by atoms with Crippen molar-refractivity contribution >= 4 is 33.2 Å². The third-order valence-corrected chi connectivity index (χ3v) is 5.96. The molecular weight excluding hydrogens is 345 g/mol. The SMILES string of the molecule is CNCC1CCCN1S(=O)(=O)c1cc(Cl)c(NC(C)=O)cc1F. The molecule has 0 saturated carbocycles. The molecule has 1 aromatic rings. The predicted octanol–water partition coefficient (Wildman–Crippen LogP) is 1.81. The number of benzene rings is 1. The summed E-state index contributed by atoms with van der Waals surface area (Å²) in [4.78, 5) is 10.6. The van der Waals surface area contributed by atoms with Crippen LogP contribution < -0.4 is 10.6 Å². The molecule has 0 aliphatic carbocycles. The molecule has 1 aliphatic heterocycles. The maximum atomic E-state index is 14.3. The fourth-order valence-corrected chi connectivity index (χ4v) is 4.75. The summed E-state index contributed by atoms with van der Waals surface area (Å²) in [5.41, 5.74) is 0.0452. The van der Waals surface area contributed by atoms with Gasteiger partial charge in [0.25, 0.3) is 0 Å². The van der Waals surface area contributed by atoms with Gasteiger partial charge in [-0.1, -0.05) is 11.6 Å². The number of halogens is 2. The summed E-state index contributed by atoms with van der Waals surface area (Å²) in [6, 6.07) is 1.77. The fourth-order valence-electron chi connectivity index (χ4n) is 2.70. The Labute approximate surface area is 140 Å². The van der Waals surface area contributed by atoms with Crippen LogP contribution in [0.1, 0.15) is 19.8 Å². The van der Waals surface area contributed by atoms with E-state index in [4.69, 9.17) is 11.6 Å². The number of nitrogens with zero attached hydrogens (tertiary/aromatic N) is 1. The van der Waals surface area contributed by atoms with Crippen LogP contribution in [0, 0.1) is 5.82 Å². The van der Waals surface area contributed by atoms with E-state index in [1.165, 1.54) is 11.2 Å². The molecule has 23 heavy (non-hydrogen) atoms. The van der Waals surface area contributed by atoms with Crippen molar-refractivity contribution in [1.82, 2.24) is 9.62 Å². The zero-order valence-electron chi connectivity index (χ0n) is 12.9. The summed E-state index contributed by atoms with van der Waals surface area (Å²) in [6.45, 7) is 2.10. The van der Waals surface area contributed by atoms with Crippen LogP contribution in [0.3, 0.4) is 0 Å². The quantitative estimate of drug-likeness (QED) is 0.836. The Hall–Kier alpha value is -1.22. The zero-order chi connectivity index (χ0) is 17.2. The van der Waals surface area contributed by atoms with E-state index in [2.05, 4.69) is 10.6 Å². The number of nitrogens with one attached hydrogen (secondary N) is 2. The van der Waals surface area contributed by atoms with Crippen LogP contribution in [-0.2, 0) is 14.8 Å². The highest BCUT2D eigenvalue weighted by Gasteiger charge is 2.36. The van der Waals surface area contributed by atoms with Gasteiger partial charge in [-0.15, -0.1) is 0 Å². The highest BCUT2D eigenvalue weighted by molar-refractivity contribution is 7.89. The molecule has 1 unspecified atom stereocenters. The first kappa shape index (κ1) is 18.1. The number of anilines is 1. The summed E-state index contributed by atoms with van der Waals surface area (Å²) in [5.74, 6) is -1.36. The van der Waals surface area contributed by atoms with Crippen molar-refractivity contribution in [1.29, 1.82) is 0 Å². The summed E-state index contributed by atoms with van der Waals surface area (Å²) >= 11 is 5.98. The van der Waals surface area contributed by atoms with E-state index in [1.807, 2.05) is 0 Å². The highest BCUT2D eigenvalue weighted by atomic mass is 35.5. The number of rotatable bonds is 5. The minimum atomic E-state index is -3.99. The second-order valence-corrected chi connectivity index (χ2v) is 7.68. The molecule has 0 radical (unpaired) electrons. The molecule has 2 rings (SSSR count). The Morgan fingerprint density at radius 3 is 2.78 bits per heavy atom. The molecule has 1 amide bonds. The third-order valence-electron chi connectivity index (χ3n) is 3.68. The van der Waals surface area contributed by atoms with Gasteiger partial charge in [0.1, 0.15) is 10.7 Å². The van der Waals surface area contributed by atoms with Crippen LogP contribution in [0.25, 0.3) is 0 Å². The van der Waals surface area contributed by atoms with Gasteiger partial charge in [0.05, 0.1) is 10.7 Å². The van der Waals surface area contributed by atoms with Gasteiger partial charge in [-0.2, -0.15) is 4.31 Å². The van der Waals surface area contributed by atoms with Crippen molar-refractivity contribution in [2.45, 2.75) is 30.7 Å². The van der Waals surface area contributed by atoms with Crippen LogP contribution in [0.4, 0.5) is 10.1 Å². The smallest absolute Gasteiger partial charge is 0.246 e. The number of hydrogen-bond acceptors (Lipinski definition) is 4. The molecule has 1 saturated heterocycles. The fraction of sp³-hybridized carbons (Fsp3) is 0.500. The van der Waals surface area contributed by atoms with Gasteiger partial charge in [0.15, 0.2) is 0 Å². The van der Waals surface area contributed by atoms with Crippen molar-refractivity contribution in [3.05, 3.63) is 23.0 Å². The molecule has 1 atom stereocenters. The van der Waals surface area contributed by atoms with Crippen molar-refractivity contribution < 1.29 is 17.6 Å². The van der Waals surface area contributed by atoms with E-state index >= 15 is 0 Å². The minimum absolute atomic E-state index is 0.0236. The summed E-state index contributed by atoms with van der Waals surface area (Å²) < 4.78 is 41.1. The minimum Gasteiger partial charge on any atom is -0.325 e. The molecule has 128 valence electrons. The largest absolute Gasteiger partial charge is 0.325 e. The lowest BCUT2D eigenvalue weighted by Crippen LogP contribution is -2.41. The number of hydrogen-bond donors (Lipinski definition) is 2. The lowest BCUT2D eigenvalue weighted by atomic mass is 10.2. The van der Waals surface area contributed by atoms with E-state index in [1.54, 1.807) is 7.05 Å². The van der Waals surface area contributed by atoms with Crippen molar-refractivity contribution in [3.8, 4) is 0 Å². The normalized spacial score (nSPS) is 19.0. The Bertz CT molecular complexity index is 711. The molecular formula is C14H19ClFN3O3S. The Kier molecular flexibility index (Phi) is 5.61. The second-order valence-electron chi connectivity index (χ2n) is 5.41. The Balaban J connectivity index is 2.40. The first-order chi connectivity index (χ1) is 10.8. The number of likely N-dealkylation sites (N-methyl/N-ethyl adjacent to an activating group) is 1.